The fourth-order valence-electron chi connectivity index (χ4n) is 0.986. The third-order valence-electron chi connectivity index (χ3n) is 1.30. The molecular formula is C8H18OS. The van der Waals surface area contributed by atoms with Crippen molar-refractivity contribution in [2.75, 3.05) is 12.4 Å². The van der Waals surface area contributed by atoms with Crippen molar-refractivity contribution < 1.29 is 4.74 Å². The van der Waals surface area contributed by atoms with Gasteiger partial charge >= 0.3 is 0 Å². The second-order valence-corrected chi connectivity index (χ2v) is 3.48. The van der Waals surface area contributed by atoms with Crippen molar-refractivity contribution in [2.45, 2.75) is 33.3 Å². The zero-order valence-corrected chi connectivity index (χ0v) is 8.03. The standard InChI is InChI=1S/C8H18OS/c1-7(2)6-8(3)9-4-5-10/h7-8,10H,4-6H2,1-3H3. The molecule has 0 aliphatic rings. The van der Waals surface area contributed by atoms with Gasteiger partial charge in [-0.05, 0) is 19.3 Å². The summed E-state index contributed by atoms with van der Waals surface area (Å²) in [6.45, 7) is 7.31. The van der Waals surface area contributed by atoms with Crippen molar-refractivity contribution in [1.82, 2.24) is 0 Å². The minimum atomic E-state index is 0.396. The summed E-state index contributed by atoms with van der Waals surface area (Å²) < 4.78 is 5.43. The van der Waals surface area contributed by atoms with Gasteiger partial charge in [0.2, 0.25) is 0 Å². The normalized spacial score (nSPS) is 14.1. The molecule has 0 aliphatic carbocycles. The van der Waals surface area contributed by atoms with Crippen LogP contribution in [0.2, 0.25) is 0 Å². The average molecular weight is 162 g/mol. The lowest BCUT2D eigenvalue weighted by molar-refractivity contribution is 0.0635. The van der Waals surface area contributed by atoms with Gasteiger partial charge in [0.15, 0.2) is 0 Å². The van der Waals surface area contributed by atoms with Gasteiger partial charge in [-0.2, -0.15) is 12.6 Å². The molecule has 0 heterocycles. The smallest absolute Gasteiger partial charge is 0.0557 e. The van der Waals surface area contributed by atoms with Crippen LogP contribution in [0.15, 0.2) is 0 Å². The van der Waals surface area contributed by atoms with E-state index in [2.05, 4.69) is 33.4 Å². The summed E-state index contributed by atoms with van der Waals surface area (Å²) in [7, 11) is 0. The molecule has 0 saturated heterocycles. The van der Waals surface area contributed by atoms with Crippen LogP contribution in [-0.4, -0.2) is 18.5 Å². The molecule has 0 radical (unpaired) electrons. The average Bonchev–Trinajstić information content (AvgIpc) is 1.82. The molecule has 1 atom stereocenters. The Morgan fingerprint density at radius 3 is 2.30 bits per heavy atom. The first-order valence-electron chi connectivity index (χ1n) is 3.89. The maximum absolute atomic E-state index is 5.43. The van der Waals surface area contributed by atoms with E-state index < -0.39 is 0 Å². The van der Waals surface area contributed by atoms with Gasteiger partial charge in [0.05, 0.1) is 12.7 Å². The first-order valence-corrected chi connectivity index (χ1v) is 4.52. The van der Waals surface area contributed by atoms with Crippen molar-refractivity contribution >= 4 is 12.6 Å². The molecule has 0 fully saturated rings. The van der Waals surface area contributed by atoms with E-state index in [0.29, 0.717) is 6.10 Å². The van der Waals surface area contributed by atoms with Crippen molar-refractivity contribution in [3.05, 3.63) is 0 Å². The minimum absolute atomic E-state index is 0.396. The molecule has 0 rings (SSSR count). The van der Waals surface area contributed by atoms with Crippen molar-refractivity contribution in [2.24, 2.45) is 5.92 Å². The quantitative estimate of drug-likeness (QED) is 0.611. The highest BCUT2D eigenvalue weighted by Gasteiger charge is 2.03. The first kappa shape index (κ1) is 10.3. The SMILES string of the molecule is CC(C)CC(C)OCCS. The van der Waals surface area contributed by atoms with Crippen LogP contribution < -0.4 is 0 Å². The van der Waals surface area contributed by atoms with Crippen molar-refractivity contribution in [3.8, 4) is 0 Å². The van der Waals surface area contributed by atoms with Crippen LogP contribution in [-0.2, 0) is 4.74 Å². The van der Waals surface area contributed by atoms with Gasteiger partial charge in [-0.15, -0.1) is 0 Å². The van der Waals surface area contributed by atoms with E-state index in [0.717, 1.165) is 24.7 Å². The Bertz CT molecular complexity index is 73.7. The van der Waals surface area contributed by atoms with E-state index in [1.807, 2.05) is 0 Å². The van der Waals surface area contributed by atoms with Gasteiger partial charge in [0, 0.05) is 5.75 Å². The lowest BCUT2D eigenvalue weighted by Gasteiger charge is -2.13. The maximum Gasteiger partial charge on any atom is 0.0557 e. The van der Waals surface area contributed by atoms with E-state index >= 15 is 0 Å². The van der Waals surface area contributed by atoms with Crippen LogP contribution in [0.4, 0.5) is 0 Å². The fourth-order valence-corrected chi connectivity index (χ4v) is 1.09. The van der Waals surface area contributed by atoms with Crippen molar-refractivity contribution in [1.29, 1.82) is 0 Å². The molecule has 0 spiro atoms. The molecule has 2 heteroatoms. The summed E-state index contributed by atoms with van der Waals surface area (Å²) in [5, 5.41) is 0. The van der Waals surface area contributed by atoms with Crippen LogP contribution in [0.3, 0.4) is 0 Å². The van der Waals surface area contributed by atoms with Crippen molar-refractivity contribution in [3.63, 3.8) is 0 Å². The summed E-state index contributed by atoms with van der Waals surface area (Å²) in [6.07, 6.45) is 1.54. The number of thiol groups is 1. The lowest BCUT2D eigenvalue weighted by Crippen LogP contribution is -2.12. The van der Waals surface area contributed by atoms with Crippen LogP contribution in [0.5, 0.6) is 0 Å². The predicted octanol–water partition coefficient (Wildman–Crippen LogP) is 2.37. The molecule has 10 heavy (non-hydrogen) atoms. The molecular weight excluding hydrogens is 144 g/mol. The van der Waals surface area contributed by atoms with E-state index in [1.165, 1.54) is 0 Å². The van der Waals surface area contributed by atoms with E-state index in [-0.39, 0.29) is 0 Å². The number of ether oxygens (including phenoxy) is 1. The Morgan fingerprint density at radius 2 is 1.90 bits per heavy atom. The third kappa shape index (κ3) is 6.43. The lowest BCUT2D eigenvalue weighted by atomic mass is 10.1. The molecule has 1 unspecified atom stereocenters. The fraction of sp³-hybridized carbons (Fsp3) is 1.00. The van der Waals surface area contributed by atoms with Gasteiger partial charge in [0.25, 0.3) is 0 Å². The highest BCUT2D eigenvalue weighted by atomic mass is 32.1. The van der Waals surface area contributed by atoms with E-state index in [4.69, 9.17) is 4.74 Å². The Kier molecular flexibility index (Phi) is 6.24. The predicted molar refractivity (Wildman–Crippen MR) is 48.7 cm³/mol. The summed E-state index contributed by atoms with van der Waals surface area (Å²) in [5.74, 6) is 1.55. The minimum Gasteiger partial charge on any atom is -0.378 e. The Balaban J connectivity index is 3.16. The Morgan fingerprint density at radius 1 is 1.30 bits per heavy atom. The second kappa shape index (κ2) is 6.05. The van der Waals surface area contributed by atoms with Crippen LogP contribution >= 0.6 is 12.6 Å². The van der Waals surface area contributed by atoms with Gasteiger partial charge in [-0.1, -0.05) is 13.8 Å². The molecule has 0 aromatic carbocycles. The van der Waals surface area contributed by atoms with E-state index in [1.54, 1.807) is 0 Å². The largest absolute Gasteiger partial charge is 0.378 e. The van der Waals surface area contributed by atoms with Crippen LogP contribution in [0.1, 0.15) is 27.2 Å². The number of rotatable bonds is 5. The molecule has 0 aromatic heterocycles. The molecule has 0 N–H and O–H groups in total. The highest BCUT2D eigenvalue weighted by Crippen LogP contribution is 2.06. The van der Waals surface area contributed by atoms with Crippen LogP contribution in [0.25, 0.3) is 0 Å². The molecule has 62 valence electrons. The summed E-state index contributed by atoms with van der Waals surface area (Å²) in [5.41, 5.74) is 0. The first-order chi connectivity index (χ1) is 4.66. The second-order valence-electron chi connectivity index (χ2n) is 3.03. The van der Waals surface area contributed by atoms with Gasteiger partial charge < -0.3 is 4.74 Å². The number of hydrogen-bond donors (Lipinski definition) is 1. The monoisotopic (exact) mass is 162 g/mol. The summed E-state index contributed by atoms with van der Waals surface area (Å²) in [6, 6.07) is 0. The van der Waals surface area contributed by atoms with Gasteiger partial charge in [0.1, 0.15) is 0 Å². The molecule has 0 aromatic rings. The molecule has 1 nitrogen and oxygen atoms in total. The van der Waals surface area contributed by atoms with Gasteiger partial charge in [-0.3, -0.25) is 0 Å². The van der Waals surface area contributed by atoms with E-state index in [9.17, 15) is 0 Å². The summed E-state index contributed by atoms with van der Waals surface area (Å²) >= 11 is 4.06. The molecule has 0 bridgehead atoms. The maximum atomic E-state index is 5.43. The molecule has 0 aliphatic heterocycles. The Labute approximate surface area is 69.6 Å². The molecule has 0 amide bonds. The zero-order valence-electron chi connectivity index (χ0n) is 7.13. The topological polar surface area (TPSA) is 9.23 Å². The van der Waals surface area contributed by atoms with Crippen LogP contribution in [0, 0.1) is 5.92 Å². The Hall–Kier alpha value is 0.310. The zero-order chi connectivity index (χ0) is 7.98. The molecule has 0 saturated carbocycles. The summed E-state index contributed by atoms with van der Waals surface area (Å²) in [4.78, 5) is 0. The van der Waals surface area contributed by atoms with Gasteiger partial charge in [-0.25, -0.2) is 0 Å². The number of hydrogen-bond acceptors (Lipinski definition) is 2. The highest BCUT2D eigenvalue weighted by molar-refractivity contribution is 7.80. The third-order valence-corrected chi connectivity index (χ3v) is 1.48.